The second kappa shape index (κ2) is 7.41. The van der Waals surface area contributed by atoms with E-state index in [2.05, 4.69) is 0 Å². The molecule has 1 aromatic carbocycles. The Morgan fingerprint density at radius 2 is 1.56 bits per heavy atom. The van der Waals surface area contributed by atoms with Crippen LogP contribution in [0, 0.1) is 17.5 Å². The number of hydrogen-bond donors (Lipinski definition) is 1. The predicted octanol–water partition coefficient (Wildman–Crippen LogP) is 3.98. The maximum absolute atomic E-state index is 12.9. The van der Waals surface area contributed by atoms with Gasteiger partial charge < -0.3 is 5.11 Å². The Labute approximate surface area is 106 Å². The number of aliphatic hydroxyl groups excluding tert-OH is 1. The van der Waals surface area contributed by atoms with Gasteiger partial charge in [-0.25, -0.2) is 13.2 Å². The number of benzene rings is 1. The van der Waals surface area contributed by atoms with Gasteiger partial charge in [-0.15, -0.1) is 0 Å². The molecule has 0 radical (unpaired) electrons. The number of unbranched alkanes of at least 4 members (excludes halogenated alkanes) is 3. The minimum atomic E-state index is -1.41. The molecule has 0 spiro atoms. The van der Waals surface area contributed by atoms with E-state index in [1.807, 2.05) is 0 Å². The highest BCUT2D eigenvalue weighted by Gasteiger charge is 2.10. The topological polar surface area (TPSA) is 20.2 Å². The summed E-state index contributed by atoms with van der Waals surface area (Å²) in [6.07, 6.45) is 4.73. The Morgan fingerprint density at radius 3 is 2.11 bits per heavy atom. The van der Waals surface area contributed by atoms with Gasteiger partial charge in [0, 0.05) is 0 Å². The van der Waals surface area contributed by atoms with Crippen LogP contribution < -0.4 is 0 Å². The molecule has 0 amide bonds. The van der Waals surface area contributed by atoms with Crippen molar-refractivity contribution in [1.29, 1.82) is 0 Å². The summed E-state index contributed by atoms with van der Waals surface area (Å²) in [5.41, 5.74) is 0.488. The Kier molecular flexibility index (Phi) is 6.19. The molecule has 0 saturated heterocycles. The first-order valence-corrected chi connectivity index (χ1v) is 6.32. The lowest BCUT2D eigenvalue weighted by molar-refractivity contribution is 0.180. The fourth-order valence-electron chi connectivity index (χ4n) is 1.87. The van der Waals surface area contributed by atoms with Crippen molar-refractivity contribution in [2.45, 2.75) is 51.6 Å². The highest BCUT2D eigenvalue weighted by Crippen LogP contribution is 2.16. The smallest absolute Gasteiger partial charge is 0.194 e. The van der Waals surface area contributed by atoms with Crippen LogP contribution in [-0.4, -0.2) is 11.2 Å². The van der Waals surface area contributed by atoms with Crippen molar-refractivity contribution in [1.82, 2.24) is 0 Å². The van der Waals surface area contributed by atoms with Crippen molar-refractivity contribution in [3.05, 3.63) is 35.1 Å². The van der Waals surface area contributed by atoms with Crippen LogP contribution in [0.4, 0.5) is 13.2 Å². The number of hydrogen-bond acceptors (Lipinski definition) is 1. The van der Waals surface area contributed by atoms with Crippen LogP contribution in [0.5, 0.6) is 0 Å². The van der Waals surface area contributed by atoms with Gasteiger partial charge in [0.25, 0.3) is 0 Å². The third-order valence-corrected chi connectivity index (χ3v) is 2.88. The first-order chi connectivity index (χ1) is 8.50. The fraction of sp³-hybridized carbons (Fsp3) is 0.571. The first-order valence-electron chi connectivity index (χ1n) is 6.32. The van der Waals surface area contributed by atoms with Crippen molar-refractivity contribution in [2.75, 3.05) is 0 Å². The minimum absolute atomic E-state index is 0.273. The third-order valence-electron chi connectivity index (χ3n) is 2.88. The fourth-order valence-corrected chi connectivity index (χ4v) is 1.87. The zero-order chi connectivity index (χ0) is 13.5. The van der Waals surface area contributed by atoms with E-state index in [9.17, 15) is 13.2 Å². The maximum atomic E-state index is 12.9. The molecule has 1 aromatic rings. The van der Waals surface area contributed by atoms with E-state index in [1.165, 1.54) is 0 Å². The Hall–Kier alpha value is -1.03. The molecule has 1 N–H and O–H groups in total. The molecule has 0 saturated carbocycles. The molecular formula is C14H19F3O. The number of aryl methyl sites for hydroxylation is 1. The zero-order valence-electron chi connectivity index (χ0n) is 10.6. The molecular weight excluding hydrogens is 241 g/mol. The second-order valence-electron chi connectivity index (χ2n) is 4.68. The van der Waals surface area contributed by atoms with Crippen LogP contribution in [-0.2, 0) is 6.42 Å². The molecule has 4 heteroatoms. The molecule has 0 heterocycles. The summed E-state index contributed by atoms with van der Waals surface area (Å²) in [5.74, 6) is -3.66. The van der Waals surface area contributed by atoms with Gasteiger partial charge in [0.15, 0.2) is 17.5 Å². The monoisotopic (exact) mass is 260 g/mol. The van der Waals surface area contributed by atoms with E-state index in [0.717, 1.165) is 44.2 Å². The van der Waals surface area contributed by atoms with Gasteiger partial charge in [0.2, 0.25) is 0 Å². The van der Waals surface area contributed by atoms with Crippen molar-refractivity contribution in [3.63, 3.8) is 0 Å². The summed E-state index contributed by atoms with van der Waals surface area (Å²) >= 11 is 0. The lowest BCUT2D eigenvalue weighted by Gasteiger charge is -2.05. The summed E-state index contributed by atoms with van der Waals surface area (Å²) in [6.45, 7) is 1.75. The first kappa shape index (κ1) is 15.0. The van der Waals surface area contributed by atoms with E-state index in [4.69, 9.17) is 5.11 Å². The Balaban J connectivity index is 2.27. The van der Waals surface area contributed by atoms with Gasteiger partial charge >= 0.3 is 0 Å². The summed E-state index contributed by atoms with van der Waals surface area (Å²) < 4.78 is 38.5. The summed E-state index contributed by atoms with van der Waals surface area (Å²) in [6, 6.07) is 2.10. The molecule has 1 unspecified atom stereocenters. The average Bonchev–Trinajstić information content (AvgIpc) is 2.30. The summed E-state index contributed by atoms with van der Waals surface area (Å²) in [7, 11) is 0. The van der Waals surface area contributed by atoms with Crippen LogP contribution in [0.2, 0.25) is 0 Å². The lowest BCUT2D eigenvalue weighted by atomic mass is 10.0. The Morgan fingerprint density at radius 1 is 1.00 bits per heavy atom. The largest absolute Gasteiger partial charge is 0.393 e. The highest BCUT2D eigenvalue weighted by atomic mass is 19.2. The standard InChI is InChI=1S/C14H19F3O/c1-10(18)6-4-2-3-5-7-11-8-12(15)14(17)13(16)9-11/h8-10,18H,2-7H2,1H3. The van der Waals surface area contributed by atoms with Gasteiger partial charge in [0.1, 0.15) is 0 Å². The van der Waals surface area contributed by atoms with Crippen molar-refractivity contribution in [3.8, 4) is 0 Å². The van der Waals surface area contributed by atoms with Crippen LogP contribution in [0.1, 0.15) is 44.6 Å². The normalized spacial score (nSPS) is 12.7. The predicted molar refractivity (Wildman–Crippen MR) is 64.8 cm³/mol. The molecule has 0 aromatic heterocycles. The van der Waals surface area contributed by atoms with Crippen LogP contribution in [0.3, 0.4) is 0 Å². The van der Waals surface area contributed by atoms with Crippen molar-refractivity contribution >= 4 is 0 Å². The molecule has 0 aliphatic rings. The number of aliphatic hydroxyl groups is 1. The molecule has 1 atom stereocenters. The molecule has 1 nitrogen and oxygen atoms in total. The van der Waals surface area contributed by atoms with Crippen LogP contribution in [0.25, 0.3) is 0 Å². The summed E-state index contributed by atoms with van der Waals surface area (Å²) in [5, 5.41) is 9.06. The molecule has 0 aliphatic heterocycles. The average molecular weight is 260 g/mol. The van der Waals surface area contributed by atoms with E-state index in [-0.39, 0.29) is 6.10 Å². The molecule has 102 valence electrons. The lowest BCUT2D eigenvalue weighted by Crippen LogP contribution is -1.98. The van der Waals surface area contributed by atoms with Gasteiger partial charge in [-0.2, -0.15) is 0 Å². The number of halogens is 3. The maximum Gasteiger partial charge on any atom is 0.194 e. The van der Waals surface area contributed by atoms with Crippen molar-refractivity contribution in [2.24, 2.45) is 0 Å². The van der Waals surface area contributed by atoms with E-state index in [1.54, 1.807) is 6.92 Å². The third kappa shape index (κ3) is 5.08. The van der Waals surface area contributed by atoms with Crippen molar-refractivity contribution < 1.29 is 18.3 Å². The zero-order valence-corrected chi connectivity index (χ0v) is 10.6. The molecule has 0 bridgehead atoms. The van der Waals surface area contributed by atoms with E-state index >= 15 is 0 Å². The quantitative estimate of drug-likeness (QED) is 0.581. The Bertz CT molecular complexity index is 354. The molecule has 0 aliphatic carbocycles. The molecule has 0 fully saturated rings. The van der Waals surface area contributed by atoms with Gasteiger partial charge in [-0.3, -0.25) is 0 Å². The van der Waals surface area contributed by atoms with Gasteiger partial charge in [0.05, 0.1) is 6.10 Å². The SMILES string of the molecule is CC(O)CCCCCCc1cc(F)c(F)c(F)c1. The molecule has 1 rings (SSSR count). The van der Waals surface area contributed by atoms with Gasteiger partial charge in [-0.05, 0) is 43.9 Å². The van der Waals surface area contributed by atoms with Crippen LogP contribution in [0.15, 0.2) is 12.1 Å². The minimum Gasteiger partial charge on any atom is -0.393 e. The van der Waals surface area contributed by atoms with Crippen LogP contribution >= 0.6 is 0 Å². The van der Waals surface area contributed by atoms with E-state index < -0.39 is 17.5 Å². The summed E-state index contributed by atoms with van der Waals surface area (Å²) in [4.78, 5) is 0. The van der Waals surface area contributed by atoms with E-state index in [0.29, 0.717) is 12.0 Å². The highest BCUT2D eigenvalue weighted by molar-refractivity contribution is 5.19. The van der Waals surface area contributed by atoms with Gasteiger partial charge in [-0.1, -0.05) is 19.3 Å². The molecule has 18 heavy (non-hydrogen) atoms. The second-order valence-corrected chi connectivity index (χ2v) is 4.68. The number of rotatable bonds is 7.